The lowest BCUT2D eigenvalue weighted by molar-refractivity contribution is 0.102. The zero-order chi connectivity index (χ0) is 28.7. The van der Waals surface area contributed by atoms with E-state index in [-0.39, 0.29) is 29.9 Å². The molecule has 0 bridgehead atoms. The zero-order valence-electron chi connectivity index (χ0n) is 21.4. The van der Waals surface area contributed by atoms with Crippen molar-refractivity contribution in [3.8, 4) is 0 Å². The molecule has 5 rings (SSSR count). The van der Waals surface area contributed by atoms with E-state index in [9.17, 15) is 17.6 Å². The minimum absolute atomic E-state index is 0.0175. The van der Waals surface area contributed by atoms with E-state index in [0.717, 1.165) is 28.2 Å². The normalized spacial score (nSPS) is 24.1. The molecule has 1 aromatic carbocycles. The molecule has 11 nitrogen and oxygen atoms in total. The fraction of sp³-hybridized carbons (Fsp3) is 0.269. The monoisotopic (exact) mass is 568 g/mol. The molecule has 208 valence electrons. The lowest BCUT2D eigenvalue weighted by atomic mass is 9.75. The highest BCUT2D eigenvalue weighted by molar-refractivity contribution is 7.91. The third-order valence-electron chi connectivity index (χ3n) is 7.45. The standard InChI is InChI=1S/C26H26F2N8O3S/c1-3-26(20-10-19(5-6-21(20)28)33-23(37)22-7-4-18(27)13-32-22)25(40(38,39)35(2)24(29)34-26)8-9-36(15-25)14-17-11-30-16-31-12-17/h3-7,10-13,16H,1,8-9,14-15H2,2H3,(H2,29,34)(H,33,37)/t25-,26-/m1/s1. The number of nitrogens with one attached hydrogen (secondary N) is 3. The number of pyridine rings is 1. The van der Waals surface area contributed by atoms with Crippen LogP contribution in [-0.2, 0) is 22.1 Å². The first-order chi connectivity index (χ1) is 19.0. The highest BCUT2D eigenvalue weighted by Crippen LogP contribution is 2.50. The largest absolute Gasteiger partial charge is 0.341 e. The molecule has 3 aromatic rings. The van der Waals surface area contributed by atoms with Gasteiger partial charge in [0.2, 0.25) is 16.0 Å². The van der Waals surface area contributed by atoms with E-state index < -0.39 is 43.8 Å². The number of aromatic nitrogens is 3. The molecule has 0 saturated carbocycles. The van der Waals surface area contributed by atoms with Crippen molar-refractivity contribution in [2.45, 2.75) is 23.3 Å². The summed E-state index contributed by atoms with van der Waals surface area (Å²) in [7, 11) is -2.97. The molecular formula is C26H26F2N8O3S. The Labute approximate surface area is 229 Å². The number of rotatable bonds is 6. The van der Waals surface area contributed by atoms with Crippen molar-refractivity contribution < 1.29 is 22.0 Å². The number of sulfonamides is 1. The summed E-state index contributed by atoms with van der Waals surface area (Å²) in [6, 6.07) is 6.02. The molecule has 0 unspecified atom stereocenters. The second-order valence-corrected chi connectivity index (χ2v) is 11.9. The maximum atomic E-state index is 15.7. The van der Waals surface area contributed by atoms with Gasteiger partial charge in [-0.1, -0.05) is 6.08 Å². The number of hydrogen-bond acceptors (Lipinski definition) is 8. The minimum atomic E-state index is -4.24. The summed E-state index contributed by atoms with van der Waals surface area (Å²) < 4.78 is 56.3. The Bertz CT molecular complexity index is 1590. The van der Waals surface area contributed by atoms with Crippen LogP contribution in [-0.4, -0.2) is 69.3 Å². The molecule has 0 radical (unpaired) electrons. The molecule has 40 heavy (non-hydrogen) atoms. The third-order valence-corrected chi connectivity index (χ3v) is 10.00. The van der Waals surface area contributed by atoms with Gasteiger partial charge in [-0.05, 0) is 36.8 Å². The van der Waals surface area contributed by atoms with Gasteiger partial charge in [0, 0.05) is 55.9 Å². The quantitative estimate of drug-likeness (QED) is 0.384. The zero-order valence-corrected chi connectivity index (χ0v) is 22.3. The molecule has 3 N–H and O–H groups in total. The van der Waals surface area contributed by atoms with Gasteiger partial charge in [0.15, 0.2) is 0 Å². The summed E-state index contributed by atoms with van der Waals surface area (Å²) in [6.45, 7) is 4.58. The Kier molecular flexibility index (Phi) is 6.84. The van der Waals surface area contributed by atoms with E-state index in [0.29, 0.717) is 13.1 Å². The summed E-state index contributed by atoms with van der Waals surface area (Å²) in [5.41, 5.74) is -1.05. The average Bonchev–Trinajstić information content (AvgIpc) is 3.38. The number of carbonyl (C=O) groups is 1. The summed E-state index contributed by atoms with van der Waals surface area (Å²) in [4.78, 5) is 26.4. The molecule has 2 aliphatic rings. The van der Waals surface area contributed by atoms with Crippen LogP contribution < -0.4 is 10.6 Å². The maximum Gasteiger partial charge on any atom is 0.274 e. The molecule has 1 spiro atoms. The smallest absolute Gasteiger partial charge is 0.274 e. The Balaban J connectivity index is 1.58. The van der Waals surface area contributed by atoms with Crippen molar-refractivity contribution in [3.05, 3.63) is 96.4 Å². The fourth-order valence-electron chi connectivity index (χ4n) is 5.43. The predicted molar refractivity (Wildman–Crippen MR) is 143 cm³/mol. The van der Waals surface area contributed by atoms with Crippen molar-refractivity contribution in [1.82, 2.24) is 29.5 Å². The first-order valence-electron chi connectivity index (χ1n) is 12.2. The van der Waals surface area contributed by atoms with E-state index in [1.807, 2.05) is 4.90 Å². The van der Waals surface area contributed by atoms with Crippen LogP contribution >= 0.6 is 0 Å². The van der Waals surface area contributed by atoms with Crippen molar-refractivity contribution in [2.75, 3.05) is 25.5 Å². The van der Waals surface area contributed by atoms with Gasteiger partial charge in [-0.3, -0.25) is 15.1 Å². The third kappa shape index (κ3) is 4.29. The van der Waals surface area contributed by atoms with Crippen LogP contribution in [0.25, 0.3) is 0 Å². The topological polar surface area (TPSA) is 144 Å². The van der Waals surface area contributed by atoms with Gasteiger partial charge in [0.05, 0.1) is 6.20 Å². The number of halogens is 2. The van der Waals surface area contributed by atoms with Gasteiger partial charge < -0.3 is 10.6 Å². The van der Waals surface area contributed by atoms with Crippen LogP contribution in [0, 0.1) is 17.0 Å². The number of benzene rings is 1. The van der Waals surface area contributed by atoms with Crippen LogP contribution in [0.4, 0.5) is 14.5 Å². The highest BCUT2D eigenvalue weighted by atomic mass is 32.2. The molecule has 0 aliphatic carbocycles. The van der Waals surface area contributed by atoms with Crippen molar-refractivity contribution in [3.63, 3.8) is 0 Å². The van der Waals surface area contributed by atoms with Crippen molar-refractivity contribution in [2.24, 2.45) is 0 Å². The van der Waals surface area contributed by atoms with Crippen LogP contribution in [0.2, 0.25) is 0 Å². The van der Waals surface area contributed by atoms with E-state index >= 15 is 4.39 Å². The molecule has 2 aromatic heterocycles. The molecule has 2 atom stereocenters. The molecule has 2 fully saturated rings. The van der Waals surface area contributed by atoms with E-state index in [1.165, 1.54) is 37.7 Å². The number of carbonyl (C=O) groups excluding carboxylic acids is 1. The summed E-state index contributed by atoms with van der Waals surface area (Å²) in [5.74, 6) is -2.49. The Morgan fingerprint density at radius 2 is 1.98 bits per heavy atom. The van der Waals surface area contributed by atoms with Gasteiger partial charge in [-0.15, -0.1) is 6.58 Å². The molecule has 2 saturated heterocycles. The van der Waals surface area contributed by atoms with Gasteiger partial charge in [0.25, 0.3) is 5.91 Å². The van der Waals surface area contributed by atoms with Gasteiger partial charge >= 0.3 is 0 Å². The van der Waals surface area contributed by atoms with Gasteiger partial charge in [-0.25, -0.2) is 36.5 Å². The van der Waals surface area contributed by atoms with E-state index in [2.05, 4.69) is 32.2 Å². The maximum absolute atomic E-state index is 15.7. The lowest BCUT2D eigenvalue weighted by Crippen LogP contribution is -2.74. The second-order valence-electron chi connectivity index (χ2n) is 9.67. The number of hydrogen-bond donors (Lipinski definition) is 3. The van der Waals surface area contributed by atoms with Gasteiger partial charge in [0.1, 0.15) is 33.9 Å². The van der Waals surface area contributed by atoms with Gasteiger partial charge in [-0.2, -0.15) is 0 Å². The molecular weight excluding hydrogens is 542 g/mol. The Hall–Kier alpha value is -4.30. The SMILES string of the molecule is C=C[C@]1(c2cc(NC(=O)c3ccc(F)cn3)ccc2F)NC(=N)N(C)S(=O)(=O)[C@@]12CCN(Cc1cncnc1)C2. The average molecular weight is 569 g/mol. The molecule has 2 aliphatic heterocycles. The number of nitrogens with zero attached hydrogens (tertiary/aromatic N) is 5. The number of guanidine groups is 1. The van der Waals surface area contributed by atoms with E-state index in [1.54, 1.807) is 12.4 Å². The first kappa shape index (κ1) is 27.3. The number of anilines is 1. The number of amides is 1. The first-order valence-corrected chi connectivity index (χ1v) is 13.6. The minimum Gasteiger partial charge on any atom is -0.341 e. The fourth-order valence-corrected chi connectivity index (χ4v) is 7.59. The summed E-state index contributed by atoms with van der Waals surface area (Å²) in [5, 5.41) is 14.0. The van der Waals surface area contributed by atoms with Crippen LogP contribution in [0.1, 0.15) is 28.0 Å². The molecule has 4 heterocycles. The Morgan fingerprint density at radius 3 is 2.65 bits per heavy atom. The Morgan fingerprint density at radius 1 is 1.23 bits per heavy atom. The number of likely N-dealkylation sites (tertiary alicyclic amines) is 1. The molecule has 1 amide bonds. The van der Waals surface area contributed by atoms with E-state index in [4.69, 9.17) is 5.41 Å². The summed E-state index contributed by atoms with van der Waals surface area (Å²) >= 11 is 0. The molecule has 14 heteroatoms. The van der Waals surface area contributed by atoms with Crippen LogP contribution in [0.15, 0.2) is 67.9 Å². The van der Waals surface area contributed by atoms with Crippen molar-refractivity contribution >= 4 is 27.6 Å². The predicted octanol–water partition coefficient (Wildman–Crippen LogP) is 2.23. The second kappa shape index (κ2) is 10.0. The lowest BCUT2D eigenvalue weighted by Gasteiger charge is -2.53. The van der Waals surface area contributed by atoms with Crippen LogP contribution in [0.3, 0.4) is 0 Å². The van der Waals surface area contributed by atoms with Crippen LogP contribution in [0.5, 0.6) is 0 Å². The summed E-state index contributed by atoms with van der Waals surface area (Å²) in [6.07, 6.45) is 6.97. The highest BCUT2D eigenvalue weighted by Gasteiger charge is 2.67. The van der Waals surface area contributed by atoms with Crippen molar-refractivity contribution in [1.29, 1.82) is 5.41 Å².